The Balaban J connectivity index is 1.95. The maximum atomic E-state index is 14.6. The highest BCUT2D eigenvalue weighted by Gasteiger charge is 2.53. The van der Waals surface area contributed by atoms with Crippen LogP contribution in [0.15, 0.2) is 40.8 Å². The van der Waals surface area contributed by atoms with E-state index in [-0.39, 0.29) is 11.1 Å². The highest BCUT2D eigenvalue weighted by molar-refractivity contribution is 7.12. The second-order valence-corrected chi connectivity index (χ2v) is 7.04. The third-order valence-corrected chi connectivity index (χ3v) is 5.06. The maximum absolute atomic E-state index is 14.6. The minimum atomic E-state index is -3.07. The molecule has 0 saturated carbocycles. The highest BCUT2D eigenvalue weighted by Crippen LogP contribution is 2.48. The summed E-state index contributed by atoms with van der Waals surface area (Å²) in [6, 6.07) is 5.89. The molecule has 0 saturated heterocycles. The lowest BCUT2D eigenvalue weighted by atomic mass is 9.86. The summed E-state index contributed by atoms with van der Waals surface area (Å²) in [6.07, 6.45) is 1.38. The van der Waals surface area contributed by atoms with Gasteiger partial charge in [-0.2, -0.15) is 8.78 Å². The van der Waals surface area contributed by atoms with Crippen molar-refractivity contribution in [3.05, 3.63) is 57.8 Å². The smallest absolute Gasteiger partial charge is 0.269 e. The third-order valence-electron chi connectivity index (χ3n) is 4.14. The molecule has 3 aromatic rings. The molecule has 0 N–H and O–H groups in total. The van der Waals surface area contributed by atoms with Gasteiger partial charge < -0.3 is 0 Å². The zero-order chi connectivity index (χ0) is 17.1. The Labute approximate surface area is 139 Å². The highest BCUT2D eigenvalue weighted by atomic mass is 32.1. The lowest BCUT2D eigenvalue weighted by molar-refractivity contribution is -0.0677. The van der Waals surface area contributed by atoms with Gasteiger partial charge in [0.2, 0.25) is 0 Å². The SMILES string of the molecule is CC1(C)N=C(c2cnc3c(F)cccc3n2)c2sccc2C1(F)F. The first-order valence-corrected chi connectivity index (χ1v) is 8.17. The summed E-state index contributed by atoms with van der Waals surface area (Å²) in [5.41, 5.74) is -0.412. The summed E-state index contributed by atoms with van der Waals surface area (Å²) in [4.78, 5) is 13.1. The number of thiophene rings is 1. The van der Waals surface area contributed by atoms with Crippen molar-refractivity contribution in [2.75, 3.05) is 0 Å². The van der Waals surface area contributed by atoms with Crippen molar-refractivity contribution in [3.8, 4) is 0 Å². The van der Waals surface area contributed by atoms with E-state index in [1.165, 1.54) is 49.6 Å². The zero-order valence-electron chi connectivity index (χ0n) is 12.8. The molecule has 4 rings (SSSR count). The van der Waals surface area contributed by atoms with Gasteiger partial charge in [0.25, 0.3) is 5.92 Å². The monoisotopic (exact) mass is 347 g/mol. The minimum absolute atomic E-state index is 0.0522. The van der Waals surface area contributed by atoms with Gasteiger partial charge >= 0.3 is 0 Å². The number of aromatic nitrogens is 2. The number of hydrogen-bond acceptors (Lipinski definition) is 4. The Hall–Kier alpha value is -2.28. The van der Waals surface area contributed by atoms with E-state index >= 15 is 0 Å². The van der Waals surface area contributed by atoms with E-state index in [0.29, 0.717) is 21.8 Å². The summed E-state index contributed by atoms with van der Waals surface area (Å²) in [5, 5.41) is 1.61. The lowest BCUT2D eigenvalue weighted by Crippen LogP contribution is -2.43. The molecule has 7 heteroatoms. The molecule has 2 aromatic heterocycles. The summed E-state index contributed by atoms with van der Waals surface area (Å²) in [7, 11) is 0. The van der Waals surface area contributed by atoms with Crippen LogP contribution < -0.4 is 0 Å². The number of hydrogen-bond donors (Lipinski definition) is 0. The third kappa shape index (κ3) is 2.00. The molecule has 1 aromatic carbocycles. The van der Waals surface area contributed by atoms with Crippen LogP contribution in [0.2, 0.25) is 0 Å². The number of alkyl halides is 2. The fraction of sp³-hybridized carbons (Fsp3) is 0.235. The number of nitrogens with zero attached hydrogens (tertiary/aromatic N) is 3. The van der Waals surface area contributed by atoms with Crippen LogP contribution in [0.4, 0.5) is 13.2 Å². The Kier molecular flexibility index (Phi) is 3.09. The quantitative estimate of drug-likeness (QED) is 0.648. The van der Waals surface area contributed by atoms with Crippen molar-refractivity contribution in [1.29, 1.82) is 0 Å². The van der Waals surface area contributed by atoms with Crippen molar-refractivity contribution in [1.82, 2.24) is 9.97 Å². The van der Waals surface area contributed by atoms with E-state index in [1.807, 2.05) is 0 Å². The van der Waals surface area contributed by atoms with Crippen molar-refractivity contribution in [2.24, 2.45) is 4.99 Å². The Morgan fingerprint density at radius 1 is 1.12 bits per heavy atom. The van der Waals surface area contributed by atoms with Crippen molar-refractivity contribution in [2.45, 2.75) is 25.3 Å². The standard InChI is InChI=1S/C17H12F3N3S/c1-16(2)17(19,20)9-6-7-24-15(9)14(23-16)12-8-21-13-10(18)4-3-5-11(13)22-12/h3-8H,1-2H3. The number of rotatable bonds is 1. The first-order valence-electron chi connectivity index (χ1n) is 7.29. The largest absolute Gasteiger partial charge is 0.298 e. The fourth-order valence-corrected chi connectivity index (χ4v) is 3.69. The molecule has 1 aliphatic rings. The lowest BCUT2D eigenvalue weighted by Gasteiger charge is -2.35. The molecule has 0 fully saturated rings. The van der Waals surface area contributed by atoms with E-state index in [1.54, 1.807) is 11.4 Å². The number of para-hydroxylation sites is 1. The van der Waals surface area contributed by atoms with Crippen LogP contribution in [0, 0.1) is 5.82 Å². The second-order valence-electron chi connectivity index (χ2n) is 6.12. The summed E-state index contributed by atoms with van der Waals surface area (Å²) in [5.74, 6) is -3.54. The first kappa shape index (κ1) is 15.3. The molecule has 0 atom stereocenters. The van der Waals surface area contributed by atoms with Crippen LogP contribution in [0.1, 0.15) is 30.0 Å². The Morgan fingerprint density at radius 3 is 2.71 bits per heavy atom. The number of halogens is 3. The molecule has 122 valence electrons. The van der Waals surface area contributed by atoms with E-state index in [2.05, 4.69) is 15.0 Å². The first-order chi connectivity index (χ1) is 11.3. The van der Waals surface area contributed by atoms with Crippen LogP contribution in [0.3, 0.4) is 0 Å². The molecule has 0 unspecified atom stereocenters. The van der Waals surface area contributed by atoms with Crippen molar-refractivity contribution >= 4 is 28.1 Å². The number of benzene rings is 1. The molecular weight excluding hydrogens is 335 g/mol. The van der Waals surface area contributed by atoms with Gasteiger partial charge in [-0.05, 0) is 37.4 Å². The zero-order valence-corrected chi connectivity index (χ0v) is 13.7. The van der Waals surface area contributed by atoms with Gasteiger partial charge in [0.05, 0.1) is 16.6 Å². The molecule has 3 heterocycles. The van der Waals surface area contributed by atoms with E-state index < -0.39 is 17.3 Å². The van der Waals surface area contributed by atoms with Crippen molar-refractivity contribution in [3.63, 3.8) is 0 Å². The van der Waals surface area contributed by atoms with Gasteiger partial charge in [-0.1, -0.05) is 6.07 Å². The molecule has 0 aliphatic carbocycles. The van der Waals surface area contributed by atoms with Crippen LogP contribution in [-0.4, -0.2) is 21.2 Å². The second kappa shape index (κ2) is 4.86. The van der Waals surface area contributed by atoms with Crippen LogP contribution in [0.25, 0.3) is 11.0 Å². The van der Waals surface area contributed by atoms with Gasteiger partial charge in [-0.3, -0.25) is 4.99 Å². The fourth-order valence-electron chi connectivity index (χ4n) is 2.76. The molecule has 1 aliphatic heterocycles. The predicted octanol–water partition coefficient (Wildman–Crippen LogP) is 4.55. The average Bonchev–Trinajstić information content (AvgIpc) is 3.02. The molecule has 0 radical (unpaired) electrons. The van der Waals surface area contributed by atoms with Gasteiger partial charge in [-0.25, -0.2) is 14.4 Å². The van der Waals surface area contributed by atoms with Crippen LogP contribution in [0.5, 0.6) is 0 Å². The maximum Gasteiger partial charge on any atom is 0.298 e. The van der Waals surface area contributed by atoms with Crippen molar-refractivity contribution < 1.29 is 13.2 Å². The van der Waals surface area contributed by atoms with Gasteiger partial charge in [-0.15, -0.1) is 11.3 Å². The summed E-state index contributed by atoms with van der Waals surface area (Å²) < 4.78 is 43.0. The van der Waals surface area contributed by atoms with E-state index in [4.69, 9.17) is 0 Å². The summed E-state index contributed by atoms with van der Waals surface area (Å²) >= 11 is 1.19. The molecule has 24 heavy (non-hydrogen) atoms. The van der Waals surface area contributed by atoms with Gasteiger partial charge in [0.1, 0.15) is 22.5 Å². The van der Waals surface area contributed by atoms with Crippen LogP contribution in [-0.2, 0) is 5.92 Å². The molecular formula is C17H12F3N3S. The van der Waals surface area contributed by atoms with Crippen LogP contribution >= 0.6 is 11.3 Å². The predicted molar refractivity (Wildman–Crippen MR) is 87.4 cm³/mol. The minimum Gasteiger partial charge on any atom is -0.269 e. The molecule has 3 nitrogen and oxygen atoms in total. The molecule has 0 spiro atoms. The summed E-state index contributed by atoms with van der Waals surface area (Å²) in [6.45, 7) is 2.78. The number of aliphatic imine (C=N–C) groups is 1. The molecule has 0 amide bonds. The van der Waals surface area contributed by atoms with Gasteiger partial charge in [0, 0.05) is 5.56 Å². The van der Waals surface area contributed by atoms with E-state index in [0.717, 1.165) is 0 Å². The van der Waals surface area contributed by atoms with E-state index in [9.17, 15) is 13.2 Å². The topological polar surface area (TPSA) is 38.1 Å². The molecule has 0 bridgehead atoms. The average molecular weight is 347 g/mol. The Morgan fingerprint density at radius 2 is 1.92 bits per heavy atom. The number of fused-ring (bicyclic) bond motifs is 2. The Bertz CT molecular complexity index is 992. The van der Waals surface area contributed by atoms with Gasteiger partial charge in [0.15, 0.2) is 5.82 Å². The normalized spacial score (nSPS) is 18.3.